The van der Waals surface area contributed by atoms with Gasteiger partial charge in [-0.3, -0.25) is 4.79 Å². The van der Waals surface area contributed by atoms with E-state index in [1.54, 1.807) is 12.3 Å². The second-order valence-corrected chi connectivity index (χ2v) is 6.59. The van der Waals surface area contributed by atoms with E-state index in [1.807, 2.05) is 49.4 Å². The molecule has 3 aromatic rings. The topological polar surface area (TPSA) is 67.6 Å². The predicted molar refractivity (Wildman–Crippen MR) is 111 cm³/mol. The highest BCUT2D eigenvalue weighted by atomic mass is 16.5. The van der Waals surface area contributed by atoms with Gasteiger partial charge in [-0.1, -0.05) is 25.1 Å². The number of fused-ring (bicyclic) bond motifs is 1. The Kier molecular flexibility index (Phi) is 5.39. The van der Waals surface area contributed by atoms with E-state index in [4.69, 9.17) is 9.15 Å². The summed E-state index contributed by atoms with van der Waals surface area (Å²) in [5, 5.41) is 3.97. The van der Waals surface area contributed by atoms with Crippen LogP contribution in [0.1, 0.15) is 18.2 Å². The Labute approximate surface area is 163 Å². The van der Waals surface area contributed by atoms with Crippen molar-refractivity contribution >= 4 is 34.5 Å². The fourth-order valence-corrected chi connectivity index (χ4v) is 3.42. The van der Waals surface area contributed by atoms with Crippen LogP contribution in [0.15, 0.2) is 53.1 Å². The molecular formula is C22H23N3O3. The van der Waals surface area contributed by atoms with Crippen LogP contribution in [0.5, 0.6) is 0 Å². The van der Waals surface area contributed by atoms with E-state index in [1.165, 1.54) is 0 Å². The van der Waals surface area contributed by atoms with Crippen molar-refractivity contribution in [1.82, 2.24) is 4.98 Å². The molecule has 2 aromatic heterocycles. The summed E-state index contributed by atoms with van der Waals surface area (Å²) in [6, 6.07) is 11.6. The summed E-state index contributed by atoms with van der Waals surface area (Å²) in [5.74, 6) is 1.45. The van der Waals surface area contributed by atoms with Crippen LogP contribution in [0.4, 0.5) is 11.5 Å². The normalized spacial score (nSPS) is 14.7. The van der Waals surface area contributed by atoms with Crippen molar-refractivity contribution < 1.29 is 13.9 Å². The second-order valence-electron chi connectivity index (χ2n) is 6.59. The molecule has 0 atom stereocenters. The summed E-state index contributed by atoms with van der Waals surface area (Å²) in [5.41, 5.74) is 2.49. The van der Waals surface area contributed by atoms with Gasteiger partial charge in [-0.25, -0.2) is 4.98 Å². The SMILES string of the molecule is CCc1oc2ccccc2c1C=CC(=O)Nc1cccnc1N1CCOCC1. The van der Waals surface area contributed by atoms with Crippen molar-refractivity contribution in [2.45, 2.75) is 13.3 Å². The number of carbonyl (C=O) groups is 1. The molecule has 6 heteroatoms. The molecule has 0 bridgehead atoms. The lowest BCUT2D eigenvalue weighted by Gasteiger charge is -2.29. The lowest BCUT2D eigenvalue weighted by Crippen LogP contribution is -2.37. The first kappa shape index (κ1) is 18.3. The standard InChI is InChI=1S/C22H23N3O3/c1-2-19-17(16-6-3-4-8-20(16)28-19)9-10-21(26)24-18-7-5-11-23-22(18)25-12-14-27-15-13-25/h3-11H,2,12-15H2,1H3,(H,24,26). The van der Waals surface area contributed by atoms with Crippen LogP contribution in [0.2, 0.25) is 0 Å². The number of amides is 1. The number of hydrogen-bond acceptors (Lipinski definition) is 5. The molecule has 1 aromatic carbocycles. The van der Waals surface area contributed by atoms with Crippen molar-refractivity contribution in [3.63, 3.8) is 0 Å². The Morgan fingerprint density at radius 1 is 1.21 bits per heavy atom. The highest BCUT2D eigenvalue weighted by Gasteiger charge is 2.17. The number of rotatable bonds is 5. The lowest BCUT2D eigenvalue weighted by atomic mass is 10.1. The molecule has 3 heterocycles. The minimum atomic E-state index is -0.199. The number of aryl methyl sites for hydroxylation is 1. The van der Waals surface area contributed by atoms with Gasteiger partial charge >= 0.3 is 0 Å². The van der Waals surface area contributed by atoms with Gasteiger partial charge in [0, 0.05) is 42.7 Å². The van der Waals surface area contributed by atoms with Crippen LogP contribution in [0.25, 0.3) is 17.0 Å². The maximum Gasteiger partial charge on any atom is 0.248 e. The zero-order chi connectivity index (χ0) is 19.3. The number of morpholine rings is 1. The molecule has 1 N–H and O–H groups in total. The molecule has 0 radical (unpaired) electrons. The van der Waals surface area contributed by atoms with E-state index in [0.717, 1.165) is 47.6 Å². The molecule has 4 rings (SSSR count). The van der Waals surface area contributed by atoms with Gasteiger partial charge in [0.2, 0.25) is 5.91 Å². The van der Waals surface area contributed by atoms with Gasteiger partial charge in [-0.2, -0.15) is 0 Å². The van der Waals surface area contributed by atoms with Gasteiger partial charge < -0.3 is 19.4 Å². The molecule has 1 aliphatic heterocycles. The van der Waals surface area contributed by atoms with Crippen LogP contribution in [0.3, 0.4) is 0 Å². The molecule has 144 valence electrons. The number of ether oxygens (including phenoxy) is 1. The molecule has 6 nitrogen and oxygen atoms in total. The average Bonchev–Trinajstić information content (AvgIpc) is 3.11. The van der Waals surface area contributed by atoms with Gasteiger partial charge in [0.25, 0.3) is 0 Å². The number of anilines is 2. The Morgan fingerprint density at radius 3 is 2.86 bits per heavy atom. The van der Waals surface area contributed by atoms with Gasteiger partial charge in [-0.05, 0) is 24.3 Å². The fraction of sp³-hybridized carbons (Fsp3) is 0.273. The van der Waals surface area contributed by atoms with Crippen molar-refractivity contribution in [3.8, 4) is 0 Å². The van der Waals surface area contributed by atoms with E-state index in [9.17, 15) is 4.79 Å². The minimum absolute atomic E-state index is 0.199. The third-order valence-corrected chi connectivity index (χ3v) is 4.79. The number of nitrogens with zero attached hydrogens (tertiary/aromatic N) is 2. The zero-order valence-electron chi connectivity index (χ0n) is 15.9. The Bertz CT molecular complexity index is 1000. The van der Waals surface area contributed by atoms with Crippen molar-refractivity contribution in [2.24, 2.45) is 0 Å². The van der Waals surface area contributed by atoms with Crippen molar-refractivity contribution in [3.05, 3.63) is 60.0 Å². The summed E-state index contributed by atoms with van der Waals surface area (Å²) in [6.07, 6.45) is 5.87. The number of benzene rings is 1. The zero-order valence-corrected chi connectivity index (χ0v) is 15.9. The number of furan rings is 1. The number of para-hydroxylation sites is 1. The Morgan fingerprint density at radius 2 is 2.04 bits per heavy atom. The van der Waals surface area contributed by atoms with Crippen LogP contribution in [-0.2, 0) is 16.0 Å². The Hall–Kier alpha value is -3.12. The van der Waals surface area contributed by atoms with Crippen LogP contribution >= 0.6 is 0 Å². The smallest absolute Gasteiger partial charge is 0.248 e. The largest absolute Gasteiger partial charge is 0.460 e. The van der Waals surface area contributed by atoms with Gasteiger partial charge in [0.1, 0.15) is 11.3 Å². The molecule has 0 saturated carbocycles. The van der Waals surface area contributed by atoms with Gasteiger partial charge in [0.05, 0.1) is 18.9 Å². The van der Waals surface area contributed by atoms with Crippen LogP contribution in [0, 0.1) is 0 Å². The molecule has 1 amide bonds. The average molecular weight is 377 g/mol. The number of pyridine rings is 1. The summed E-state index contributed by atoms with van der Waals surface area (Å²) < 4.78 is 11.3. The van der Waals surface area contributed by atoms with Gasteiger partial charge in [-0.15, -0.1) is 0 Å². The van der Waals surface area contributed by atoms with Crippen molar-refractivity contribution in [2.75, 3.05) is 36.5 Å². The number of carbonyl (C=O) groups excluding carboxylic acids is 1. The van der Waals surface area contributed by atoms with E-state index in [2.05, 4.69) is 15.2 Å². The first-order chi connectivity index (χ1) is 13.8. The van der Waals surface area contributed by atoms with E-state index < -0.39 is 0 Å². The highest BCUT2D eigenvalue weighted by Crippen LogP contribution is 2.28. The summed E-state index contributed by atoms with van der Waals surface area (Å²) >= 11 is 0. The minimum Gasteiger partial charge on any atom is -0.460 e. The maximum absolute atomic E-state index is 12.6. The molecule has 28 heavy (non-hydrogen) atoms. The van der Waals surface area contributed by atoms with E-state index in [-0.39, 0.29) is 5.91 Å². The van der Waals surface area contributed by atoms with Gasteiger partial charge in [0.15, 0.2) is 5.82 Å². The quantitative estimate of drug-likeness (QED) is 0.684. The van der Waals surface area contributed by atoms with E-state index >= 15 is 0 Å². The molecule has 1 saturated heterocycles. The molecule has 1 fully saturated rings. The van der Waals surface area contributed by atoms with Crippen molar-refractivity contribution in [1.29, 1.82) is 0 Å². The van der Waals surface area contributed by atoms with Crippen LogP contribution in [-0.4, -0.2) is 37.2 Å². The summed E-state index contributed by atoms with van der Waals surface area (Å²) in [7, 11) is 0. The first-order valence-electron chi connectivity index (χ1n) is 9.53. The third-order valence-electron chi connectivity index (χ3n) is 4.79. The molecule has 0 aliphatic carbocycles. The number of aromatic nitrogens is 1. The van der Waals surface area contributed by atoms with Crippen LogP contribution < -0.4 is 10.2 Å². The van der Waals surface area contributed by atoms with E-state index in [0.29, 0.717) is 18.9 Å². The molecule has 1 aliphatic rings. The lowest BCUT2D eigenvalue weighted by molar-refractivity contribution is -0.111. The molecule has 0 unspecified atom stereocenters. The summed E-state index contributed by atoms with van der Waals surface area (Å²) in [4.78, 5) is 19.2. The predicted octanol–water partition coefficient (Wildman–Crippen LogP) is 3.88. The first-order valence-corrected chi connectivity index (χ1v) is 9.53. The Balaban J connectivity index is 1.54. The monoisotopic (exact) mass is 377 g/mol. The molecule has 0 spiro atoms. The number of nitrogens with one attached hydrogen (secondary N) is 1. The highest BCUT2D eigenvalue weighted by molar-refractivity contribution is 6.04. The fourth-order valence-electron chi connectivity index (χ4n) is 3.42. The maximum atomic E-state index is 12.6. The third kappa shape index (κ3) is 3.77. The number of hydrogen-bond donors (Lipinski definition) is 1. The second kappa shape index (κ2) is 8.27. The molecular weight excluding hydrogens is 354 g/mol. The summed E-state index contributed by atoms with van der Waals surface area (Å²) in [6.45, 7) is 4.89.